The number of hydrogen-bond acceptors (Lipinski definition) is 4. The van der Waals surface area contributed by atoms with Gasteiger partial charge in [0.05, 0.1) is 12.6 Å². The van der Waals surface area contributed by atoms with Crippen LogP contribution in [0.25, 0.3) is 5.65 Å². The molecule has 2 aromatic rings. The van der Waals surface area contributed by atoms with Crippen molar-refractivity contribution in [3.63, 3.8) is 0 Å². The summed E-state index contributed by atoms with van der Waals surface area (Å²) >= 11 is 0. The molecule has 0 amide bonds. The first-order valence-corrected chi connectivity index (χ1v) is 6.32. The monoisotopic (exact) mass is 248 g/mol. The highest BCUT2D eigenvalue weighted by atomic mass is 16.5. The van der Waals surface area contributed by atoms with Crippen LogP contribution in [-0.2, 0) is 4.74 Å². The summed E-state index contributed by atoms with van der Waals surface area (Å²) in [6.45, 7) is 4.85. The van der Waals surface area contributed by atoms with Gasteiger partial charge in [0, 0.05) is 12.8 Å². The molecule has 1 atom stereocenters. The van der Waals surface area contributed by atoms with Gasteiger partial charge in [-0.25, -0.2) is 4.52 Å². The van der Waals surface area contributed by atoms with E-state index in [-0.39, 0.29) is 6.04 Å². The fraction of sp³-hybridized carbons (Fsp3) is 0.538. The summed E-state index contributed by atoms with van der Waals surface area (Å²) in [7, 11) is 1.71. The van der Waals surface area contributed by atoms with Crippen LogP contribution in [0.3, 0.4) is 0 Å². The van der Waals surface area contributed by atoms with E-state index in [4.69, 9.17) is 4.74 Å². The summed E-state index contributed by atoms with van der Waals surface area (Å²) in [5.74, 6) is 0.666. The molecule has 0 saturated carbocycles. The van der Waals surface area contributed by atoms with Gasteiger partial charge in [0.25, 0.3) is 0 Å². The van der Waals surface area contributed by atoms with E-state index in [1.165, 1.54) is 0 Å². The highest BCUT2D eigenvalue weighted by Gasteiger charge is 2.11. The first kappa shape index (κ1) is 12.8. The molecule has 98 valence electrons. The normalized spacial score (nSPS) is 12.8. The largest absolute Gasteiger partial charge is 0.383 e. The third kappa shape index (κ3) is 2.79. The van der Waals surface area contributed by atoms with Crippen LogP contribution in [-0.4, -0.2) is 34.4 Å². The smallest absolute Gasteiger partial charge is 0.243 e. The average molecular weight is 248 g/mol. The Kier molecular flexibility index (Phi) is 4.15. The quantitative estimate of drug-likeness (QED) is 0.852. The molecule has 0 saturated heterocycles. The van der Waals surface area contributed by atoms with Crippen molar-refractivity contribution in [3.8, 4) is 0 Å². The number of ether oxygens (including phenoxy) is 1. The molecule has 2 aromatic heterocycles. The van der Waals surface area contributed by atoms with E-state index < -0.39 is 0 Å². The predicted octanol–water partition coefficient (Wildman–Crippen LogP) is 2.26. The van der Waals surface area contributed by atoms with Gasteiger partial charge < -0.3 is 10.1 Å². The molecule has 2 rings (SSSR count). The van der Waals surface area contributed by atoms with Crippen LogP contribution < -0.4 is 5.32 Å². The Morgan fingerprint density at radius 3 is 2.94 bits per heavy atom. The molecule has 18 heavy (non-hydrogen) atoms. The van der Waals surface area contributed by atoms with Gasteiger partial charge in [-0.1, -0.05) is 19.4 Å². The Bertz CT molecular complexity index is 503. The number of methoxy groups -OCH3 is 1. The van der Waals surface area contributed by atoms with E-state index in [0.29, 0.717) is 12.6 Å². The summed E-state index contributed by atoms with van der Waals surface area (Å²) in [6, 6.07) is 6.22. The Morgan fingerprint density at radius 2 is 2.28 bits per heavy atom. The van der Waals surface area contributed by atoms with E-state index in [1.54, 1.807) is 7.11 Å². The molecule has 5 nitrogen and oxygen atoms in total. The van der Waals surface area contributed by atoms with Gasteiger partial charge in [-0.2, -0.15) is 4.98 Å². The SMILES string of the molecule is CCCC(COC)Nc1nc2cccc(C)n2n1. The number of fused-ring (bicyclic) bond motifs is 1. The van der Waals surface area contributed by atoms with Gasteiger partial charge in [0.15, 0.2) is 5.65 Å². The van der Waals surface area contributed by atoms with Crippen molar-refractivity contribution in [2.45, 2.75) is 32.7 Å². The standard InChI is InChI=1S/C13H20N4O/c1-4-6-11(9-18-3)14-13-15-12-8-5-7-10(2)17(12)16-13/h5,7-8,11H,4,6,9H2,1-3H3,(H,14,16). The van der Waals surface area contributed by atoms with Crippen molar-refractivity contribution >= 4 is 11.6 Å². The molecular formula is C13H20N4O. The Morgan fingerprint density at radius 1 is 1.44 bits per heavy atom. The highest BCUT2D eigenvalue weighted by Crippen LogP contribution is 2.10. The van der Waals surface area contributed by atoms with Crippen LogP contribution in [0, 0.1) is 6.92 Å². The van der Waals surface area contributed by atoms with Crippen molar-refractivity contribution in [3.05, 3.63) is 23.9 Å². The van der Waals surface area contributed by atoms with Crippen molar-refractivity contribution < 1.29 is 4.74 Å². The van der Waals surface area contributed by atoms with Crippen LogP contribution in [0.1, 0.15) is 25.5 Å². The van der Waals surface area contributed by atoms with Crippen LogP contribution in [0.2, 0.25) is 0 Å². The van der Waals surface area contributed by atoms with Crippen LogP contribution in [0.4, 0.5) is 5.95 Å². The maximum absolute atomic E-state index is 5.20. The maximum atomic E-state index is 5.20. The van der Waals surface area contributed by atoms with Crippen molar-refractivity contribution in [2.24, 2.45) is 0 Å². The number of nitrogens with one attached hydrogen (secondary N) is 1. The van der Waals surface area contributed by atoms with Crippen LogP contribution >= 0.6 is 0 Å². The van der Waals surface area contributed by atoms with E-state index in [0.717, 1.165) is 24.2 Å². The molecule has 1 N–H and O–H groups in total. The molecule has 0 fully saturated rings. The van der Waals surface area contributed by atoms with E-state index in [1.807, 2.05) is 29.6 Å². The lowest BCUT2D eigenvalue weighted by molar-refractivity contribution is 0.182. The number of aromatic nitrogens is 3. The molecular weight excluding hydrogens is 228 g/mol. The third-order valence-corrected chi connectivity index (χ3v) is 2.89. The van der Waals surface area contributed by atoms with Gasteiger partial charge in [0.1, 0.15) is 0 Å². The zero-order chi connectivity index (χ0) is 13.0. The highest BCUT2D eigenvalue weighted by molar-refractivity contribution is 5.44. The third-order valence-electron chi connectivity index (χ3n) is 2.89. The minimum atomic E-state index is 0.262. The van der Waals surface area contributed by atoms with Gasteiger partial charge in [-0.3, -0.25) is 0 Å². The van der Waals surface area contributed by atoms with Gasteiger partial charge in [-0.05, 0) is 25.5 Å². The fourth-order valence-corrected chi connectivity index (χ4v) is 2.03. The zero-order valence-electron chi connectivity index (χ0n) is 11.2. The lowest BCUT2D eigenvalue weighted by atomic mass is 10.2. The first-order valence-electron chi connectivity index (χ1n) is 6.32. The second-order valence-corrected chi connectivity index (χ2v) is 4.46. The topological polar surface area (TPSA) is 51.5 Å². The second-order valence-electron chi connectivity index (χ2n) is 4.46. The summed E-state index contributed by atoms with van der Waals surface area (Å²) in [6.07, 6.45) is 2.15. The zero-order valence-corrected chi connectivity index (χ0v) is 11.2. The number of rotatable bonds is 6. The summed E-state index contributed by atoms with van der Waals surface area (Å²) < 4.78 is 7.05. The Balaban J connectivity index is 2.17. The van der Waals surface area contributed by atoms with E-state index >= 15 is 0 Å². The van der Waals surface area contributed by atoms with Crippen LogP contribution in [0.5, 0.6) is 0 Å². The number of aryl methyl sites for hydroxylation is 1. The number of anilines is 1. The maximum Gasteiger partial charge on any atom is 0.243 e. The minimum absolute atomic E-state index is 0.262. The Hall–Kier alpha value is -1.62. The number of pyridine rings is 1. The van der Waals surface area contributed by atoms with Crippen LogP contribution in [0.15, 0.2) is 18.2 Å². The van der Waals surface area contributed by atoms with Crippen molar-refractivity contribution in [1.82, 2.24) is 14.6 Å². The lowest BCUT2D eigenvalue weighted by Gasteiger charge is -2.15. The minimum Gasteiger partial charge on any atom is -0.383 e. The van der Waals surface area contributed by atoms with Gasteiger partial charge in [0.2, 0.25) is 5.95 Å². The van der Waals surface area contributed by atoms with Gasteiger partial charge in [-0.15, -0.1) is 5.10 Å². The lowest BCUT2D eigenvalue weighted by Crippen LogP contribution is -2.25. The molecule has 0 bridgehead atoms. The van der Waals surface area contributed by atoms with E-state index in [9.17, 15) is 0 Å². The molecule has 0 aliphatic heterocycles. The van der Waals surface area contributed by atoms with E-state index in [2.05, 4.69) is 22.3 Å². The summed E-state index contributed by atoms with van der Waals surface area (Å²) in [5, 5.41) is 7.78. The molecule has 2 heterocycles. The molecule has 0 aliphatic rings. The predicted molar refractivity (Wildman–Crippen MR) is 71.9 cm³/mol. The van der Waals surface area contributed by atoms with Gasteiger partial charge >= 0.3 is 0 Å². The number of hydrogen-bond donors (Lipinski definition) is 1. The van der Waals surface area contributed by atoms with Crippen molar-refractivity contribution in [2.75, 3.05) is 19.0 Å². The number of nitrogens with zero attached hydrogens (tertiary/aromatic N) is 3. The second kappa shape index (κ2) is 5.82. The first-order chi connectivity index (χ1) is 8.74. The molecule has 0 aromatic carbocycles. The molecule has 0 spiro atoms. The Labute approximate surface area is 107 Å². The molecule has 5 heteroatoms. The molecule has 0 radical (unpaired) electrons. The summed E-state index contributed by atoms with van der Waals surface area (Å²) in [4.78, 5) is 4.46. The summed E-state index contributed by atoms with van der Waals surface area (Å²) in [5.41, 5.74) is 1.94. The average Bonchev–Trinajstić information content (AvgIpc) is 2.74. The fourth-order valence-electron chi connectivity index (χ4n) is 2.03. The molecule has 0 aliphatic carbocycles. The molecule has 1 unspecified atom stereocenters. The van der Waals surface area contributed by atoms with Crippen molar-refractivity contribution in [1.29, 1.82) is 0 Å².